The Balaban J connectivity index is 1.96. The van der Waals surface area contributed by atoms with Crippen LogP contribution in [-0.2, 0) is 16.0 Å². The molecule has 0 spiro atoms. The maximum absolute atomic E-state index is 11.1. The van der Waals surface area contributed by atoms with Crippen molar-refractivity contribution in [2.24, 2.45) is 0 Å². The van der Waals surface area contributed by atoms with Crippen LogP contribution in [0, 0.1) is 0 Å². The van der Waals surface area contributed by atoms with E-state index in [4.69, 9.17) is 11.6 Å². The second kappa shape index (κ2) is 7.36. The van der Waals surface area contributed by atoms with Crippen LogP contribution < -0.4 is 0 Å². The van der Waals surface area contributed by atoms with Gasteiger partial charge >= 0.3 is 5.97 Å². The van der Waals surface area contributed by atoms with Gasteiger partial charge in [0.1, 0.15) is 0 Å². The number of carbonyl (C=O) groups is 1. The molecule has 0 heterocycles. The molecule has 0 radical (unpaired) electrons. The predicted octanol–water partition coefficient (Wildman–Crippen LogP) is 4.60. The molecule has 0 amide bonds. The highest BCUT2D eigenvalue weighted by molar-refractivity contribution is 7.99. The van der Waals surface area contributed by atoms with Crippen LogP contribution in [0.2, 0.25) is 5.02 Å². The summed E-state index contributed by atoms with van der Waals surface area (Å²) in [6, 6.07) is 16.0. The molecule has 0 bridgehead atoms. The Morgan fingerprint density at radius 2 is 1.90 bits per heavy atom. The van der Waals surface area contributed by atoms with Gasteiger partial charge in [-0.2, -0.15) is 0 Å². The van der Waals surface area contributed by atoms with E-state index in [0.29, 0.717) is 12.8 Å². The summed E-state index contributed by atoms with van der Waals surface area (Å²) in [5, 5.41) is 0.740. The first kappa shape index (κ1) is 14.9. The van der Waals surface area contributed by atoms with Crippen molar-refractivity contribution in [3.05, 3.63) is 59.1 Å². The fourth-order valence-corrected chi connectivity index (χ4v) is 2.87. The number of carbonyl (C=O) groups excluding carboxylic acids is 1. The van der Waals surface area contributed by atoms with E-state index < -0.39 is 0 Å². The Kier molecular flexibility index (Phi) is 5.50. The molecule has 104 valence electrons. The second-order valence-electron chi connectivity index (χ2n) is 4.28. The van der Waals surface area contributed by atoms with E-state index in [1.807, 2.05) is 36.4 Å². The number of hydrogen-bond acceptors (Lipinski definition) is 3. The molecular weight excluding hydrogens is 292 g/mol. The number of halogens is 1. The molecule has 0 aliphatic rings. The van der Waals surface area contributed by atoms with E-state index in [-0.39, 0.29) is 5.97 Å². The van der Waals surface area contributed by atoms with Crippen molar-refractivity contribution < 1.29 is 9.53 Å². The summed E-state index contributed by atoms with van der Waals surface area (Å²) < 4.78 is 4.63. The third-order valence-electron chi connectivity index (χ3n) is 2.80. The van der Waals surface area contributed by atoms with Crippen molar-refractivity contribution in [3.63, 3.8) is 0 Å². The van der Waals surface area contributed by atoms with Gasteiger partial charge in [0, 0.05) is 21.2 Å². The van der Waals surface area contributed by atoms with E-state index in [2.05, 4.69) is 16.9 Å². The molecule has 2 aromatic rings. The standard InChI is InChI=1S/C16H15ClO2S/c1-19-16(18)10-7-12-5-8-14(9-6-12)20-15-4-2-3-13(17)11-15/h2-6,8-9,11H,7,10H2,1H3. The van der Waals surface area contributed by atoms with Gasteiger partial charge in [-0.25, -0.2) is 0 Å². The van der Waals surface area contributed by atoms with E-state index in [1.165, 1.54) is 7.11 Å². The molecule has 4 heteroatoms. The van der Waals surface area contributed by atoms with Crippen LogP contribution in [-0.4, -0.2) is 13.1 Å². The number of esters is 1. The lowest BCUT2D eigenvalue weighted by molar-refractivity contribution is -0.140. The van der Waals surface area contributed by atoms with Gasteiger partial charge in [-0.1, -0.05) is 41.6 Å². The van der Waals surface area contributed by atoms with Gasteiger partial charge in [-0.3, -0.25) is 4.79 Å². The number of benzene rings is 2. The molecule has 0 saturated heterocycles. The van der Waals surface area contributed by atoms with Gasteiger partial charge in [0.15, 0.2) is 0 Å². The minimum Gasteiger partial charge on any atom is -0.469 e. The summed E-state index contributed by atoms with van der Waals surface area (Å²) in [5.74, 6) is -0.178. The molecule has 0 saturated carbocycles. The van der Waals surface area contributed by atoms with E-state index in [0.717, 1.165) is 20.4 Å². The van der Waals surface area contributed by atoms with E-state index >= 15 is 0 Å². The van der Waals surface area contributed by atoms with E-state index in [1.54, 1.807) is 11.8 Å². The van der Waals surface area contributed by atoms with E-state index in [9.17, 15) is 4.79 Å². The zero-order valence-corrected chi connectivity index (χ0v) is 12.7. The molecule has 2 rings (SSSR count). The lowest BCUT2D eigenvalue weighted by Gasteiger charge is -2.04. The Morgan fingerprint density at radius 3 is 2.55 bits per heavy atom. The minimum absolute atomic E-state index is 0.178. The van der Waals surface area contributed by atoms with Crippen molar-refractivity contribution in [3.8, 4) is 0 Å². The SMILES string of the molecule is COC(=O)CCc1ccc(Sc2cccc(Cl)c2)cc1. The third kappa shape index (κ3) is 4.58. The first-order valence-electron chi connectivity index (χ1n) is 6.26. The van der Waals surface area contributed by atoms with Crippen molar-refractivity contribution in [1.82, 2.24) is 0 Å². The highest BCUT2D eigenvalue weighted by Gasteiger charge is 2.02. The third-order valence-corrected chi connectivity index (χ3v) is 4.03. The Hall–Kier alpha value is -1.45. The monoisotopic (exact) mass is 306 g/mol. The van der Waals surface area contributed by atoms with Gasteiger partial charge in [-0.15, -0.1) is 0 Å². The second-order valence-corrected chi connectivity index (χ2v) is 5.86. The molecule has 0 unspecified atom stereocenters. The smallest absolute Gasteiger partial charge is 0.305 e. The zero-order valence-electron chi connectivity index (χ0n) is 11.1. The highest BCUT2D eigenvalue weighted by Crippen LogP contribution is 2.29. The van der Waals surface area contributed by atoms with Crippen LogP contribution in [0.1, 0.15) is 12.0 Å². The average Bonchev–Trinajstić information content (AvgIpc) is 2.46. The fraction of sp³-hybridized carbons (Fsp3) is 0.188. The van der Waals surface area contributed by atoms with Gasteiger partial charge in [-0.05, 0) is 42.3 Å². The Labute approximate surface area is 128 Å². The number of ether oxygens (including phenoxy) is 1. The molecule has 2 aromatic carbocycles. The van der Waals surface area contributed by atoms with Gasteiger partial charge in [0.2, 0.25) is 0 Å². The molecular formula is C16H15ClO2S. The summed E-state index contributed by atoms with van der Waals surface area (Å²) in [5.41, 5.74) is 1.13. The summed E-state index contributed by atoms with van der Waals surface area (Å²) in [4.78, 5) is 13.3. The molecule has 0 aliphatic carbocycles. The summed E-state index contributed by atoms with van der Waals surface area (Å²) in [6.45, 7) is 0. The Bertz CT molecular complexity index is 581. The lowest BCUT2D eigenvalue weighted by atomic mass is 10.1. The van der Waals surface area contributed by atoms with Crippen molar-refractivity contribution in [2.75, 3.05) is 7.11 Å². The molecule has 0 aliphatic heterocycles. The fourth-order valence-electron chi connectivity index (χ4n) is 1.74. The zero-order chi connectivity index (χ0) is 14.4. The van der Waals surface area contributed by atoms with Crippen LogP contribution in [0.15, 0.2) is 58.3 Å². The number of methoxy groups -OCH3 is 1. The molecule has 0 fully saturated rings. The number of aryl methyl sites for hydroxylation is 1. The maximum Gasteiger partial charge on any atom is 0.305 e. The highest BCUT2D eigenvalue weighted by atomic mass is 35.5. The predicted molar refractivity (Wildman–Crippen MR) is 82.4 cm³/mol. The largest absolute Gasteiger partial charge is 0.469 e. The van der Waals surface area contributed by atoms with Crippen LogP contribution in [0.3, 0.4) is 0 Å². The normalized spacial score (nSPS) is 10.3. The first-order valence-corrected chi connectivity index (χ1v) is 7.46. The van der Waals surface area contributed by atoms with Crippen LogP contribution in [0.4, 0.5) is 0 Å². The summed E-state index contributed by atoms with van der Waals surface area (Å²) >= 11 is 7.63. The van der Waals surface area contributed by atoms with Crippen LogP contribution in [0.25, 0.3) is 0 Å². The molecule has 20 heavy (non-hydrogen) atoms. The summed E-state index contributed by atoms with van der Waals surface area (Å²) in [6.07, 6.45) is 1.12. The van der Waals surface area contributed by atoms with Gasteiger partial charge < -0.3 is 4.74 Å². The topological polar surface area (TPSA) is 26.3 Å². The van der Waals surface area contributed by atoms with Gasteiger partial charge in [0.05, 0.1) is 7.11 Å². The van der Waals surface area contributed by atoms with Crippen molar-refractivity contribution >= 4 is 29.3 Å². The maximum atomic E-state index is 11.1. The number of hydrogen-bond donors (Lipinski definition) is 0. The Morgan fingerprint density at radius 1 is 1.15 bits per heavy atom. The molecule has 0 N–H and O–H groups in total. The van der Waals surface area contributed by atoms with Crippen LogP contribution >= 0.6 is 23.4 Å². The lowest BCUT2D eigenvalue weighted by Crippen LogP contribution is -2.01. The molecule has 0 atom stereocenters. The summed E-state index contributed by atoms with van der Waals surface area (Å²) in [7, 11) is 1.41. The average molecular weight is 307 g/mol. The minimum atomic E-state index is -0.178. The van der Waals surface area contributed by atoms with Crippen LogP contribution in [0.5, 0.6) is 0 Å². The first-order chi connectivity index (χ1) is 9.67. The van der Waals surface area contributed by atoms with Gasteiger partial charge in [0.25, 0.3) is 0 Å². The van der Waals surface area contributed by atoms with Crippen molar-refractivity contribution in [1.29, 1.82) is 0 Å². The van der Waals surface area contributed by atoms with Crippen molar-refractivity contribution in [2.45, 2.75) is 22.6 Å². The molecule has 0 aromatic heterocycles. The number of rotatable bonds is 5. The quantitative estimate of drug-likeness (QED) is 0.755. The molecule has 2 nitrogen and oxygen atoms in total.